The third kappa shape index (κ3) is 5.41. The van der Waals surface area contributed by atoms with E-state index in [0.29, 0.717) is 22.2 Å². The summed E-state index contributed by atoms with van der Waals surface area (Å²) in [7, 11) is 0. The van der Waals surface area contributed by atoms with Crippen LogP contribution in [0.15, 0.2) is 46.7 Å². The first-order chi connectivity index (χ1) is 13.0. The van der Waals surface area contributed by atoms with Crippen molar-refractivity contribution in [2.45, 2.75) is 12.8 Å². The molecule has 0 saturated carbocycles. The fraction of sp³-hybridized carbons (Fsp3) is 0.211. The lowest BCUT2D eigenvalue weighted by Gasteiger charge is -2.14. The summed E-state index contributed by atoms with van der Waals surface area (Å²) in [4.78, 5) is 27.6. The molecule has 27 heavy (non-hydrogen) atoms. The van der Waals surface area contributed by atoms with Gasteiger partial charge < -0.3 is 10.4 Å². The van der Waals surface area contributed by atoms with Gasteiger partial charge in [-0.2, -0.15) is 0 Å². The molecule has 5 nitrogen and oxygen atoms in total. The predicted molar refractivity (Wildman–Crippen MR) is 114 cm³/mol. The van der Waals surface area contributed by atoms with Crippen LogP contribution in [0.1, 0.15) is 16.9 Å². The lowest BCUT2D eigenvalue weighted by atomic mass is 10.1. The Morgan fingerprint density at radius 2 is 2.04 bits per heavy atom. The number of thiocarbonyl (C=S) groups is 1. The third-order valence-electron chi connectivity index (χ3n) is 3.92. The molecule has 2 aromatic rings. The van der Waals surface area contributed by atoms with Crippen LogP contribution in [-0.2, 0) is 16.0 Å². The molecular formula is C19H18N2O3S3. The minimum Gasteiger partial charge on any atom is -0.508 e. The highest BCUT2D eigenvalue weighted by molar-refractivity contribution is 8.26. The highest BCUT2D eigenvalue weighted by atomic mass is 32.2. The number of carbonyl (C=O) groups excluding carboxylic acids is 2. The fourth-order valence-corrected chi connectivity index (χ4v) is 4.54. The summed E-state index contributed by atoms with van der Waals surface area (Å²) in [6, 6.07) is 10.8. The highest BCUT2D eigenvalue weighted by Crippen LogP contribution is 2.33. The van der Waals surface area contributed by atoms with Crippen LogP contribution >= 0.6 is 35.3 Å². The molecule has 0 atom stereocenters. The maximum atomic E-state index is 12.5. The summed E-state index contributed by atoms with van der Waals surface area (Å²) in [6.45, 7) is 0.776. The SMILES string of the molecule is O=C(CCN1C(=O)C(=Cc2cccs2)SC1=S)NCCc1ccc(O)cc1. The van der Waals surface area contributed by atoms with Crippen molar-refractivity contribution >= 4 is 57.5 Å². The van der Waals surface area contributed by atoms with Gasteiger partial charge in [-0.15, -0.1) is 11.3 Å². The minimum atomic E-state index is -0.143. The van der Waals surface area contributed by atoms with E-state index in [1.807, 2.05) is 35.7 Å². The number of benzene rings is 1. The molecule has 1 aliphatic heterocycles. The molecule has 2 N–H and O–H groups in total. The topological polar surface area (TPSA) is 69.6 Å². The zero-order valence-electron chi connectivity index (χ0n) is 14.4. The summed E-state index contributed by atoms with van der Waals surface area (Å²) in [5.41, 5.74) is 1.03. The molecular weight excluding hydrogens is 400 g/mol. The molecule has 3 rings (SSSR count). The molecule has 2 heterocycles. The molecule has 1 aromatic carbocycles. The molecule has 2 amide bonds. The van der Waals surface area contributed by atoms with Gasteiger partial charge >= 0.3 is 0 Å². The maximum absolute atomic E-state index is 12.5. The summed E-state index contributed by atoms with van der Waals surface area (Å²) >= 11 is 8.11. The number of aromatic hydroxyl groups is 1. The summed E-state index contributed by atoms with van der Waals surface area (Å²) < 4.78 is 0.486. The molecule has 0 unspecified atom stereocenters. The first-order valence-electron chi connectivity index (χ1n) is 8.36. The summed E-state index contributed by atoms with van der Waals surface area (Å²) in [6.07, 6.45) is 2.71. The van der Waals surface area contributed by atoms with Crippen LogP contribution in [0.2, 0.25) is 0 Å². The zero-order valence-corrected chi connectivity index (χ0v) is 16.8. The summed E-state index contributed by atoms with van der Waals surface area (Å²) in [5, 5.41) is 14.1. The number of nitrogens with one attached hydrogen (secondary N) is 1. The van der Waals surface area contributed by atoms with Gasteiger partial charge in [-0.05, 0) is 41.6 Å². The lowest BCUT2D eigenvalue weighted by Crippen LogP contribution is -2.34. The Hall–Kier alpha value is -2.16. The van der Waals surface area contributed by atoms with E-state index in [2.05, 4.69) is 5.32 Å². The van der Waals surface area contributed by atoms with Gasteiger partial charge in [-0.25, -0.2) is 0 Å². The molecule has 1 fully saturated rings. The van der Waals surface area contributed by atoms with Crippen molar-refractivity contribution in [2.75, 3.05) is 13.1 Å². The number of carbonyl (C=O) groups is 2. The first-order valence-corrected chi connectivity index (χ1v) is 10.5. The molecule has 0 radical (unpaired) electrons. The lowest BCUT2D eigenvalue weighted by molar-refractivity contribution is -0.123. The highest BCUT2D eigenvalue weighted by Gasteiger charge is 2.32. The van der Waals surface area contributed by atoms with Crippen LogP contribution in [0.5, 0.6) is 5.75 Å². The van der Waals surface area contributed by atoms with Crippen LogP contribution in [-0.4, -0.2) is 39.2 Å². The minimum absolute atomic E-state index is 0.120. The van der Waals surface area contributed by atoms with Crippen LogP contribution < -0.4 is 5.32 Å². The number of hydrogen-bond donors (Lipinski definition) is 2. The number of thiophene rings is 1. The van der Waals surface area contributed by atoms with Gasteiger partial charge in [0.05, 0.1) is 4.91 Å². The van der Waals surface area contributed by atoms with E-state index in [9.17, 15) is 14.7 Å². The van der Waals surface area contributed by atoms with Gasteiger partial charge in [0.1, 0.15) is 10.1 Å². The Labute approximate surface area is 171 Å². The smallest absolute Gasteiger partial charge is 0.266 e. The first kappa shape index (κ1) is 19.6. The Bertz CT molecular complexity index is 861. The molecule has 1 aromatic heterocycles. The molecule has 0 aliphatic carbocycles. The second-order valence-corrected chi connectivity index (χ2v) is 8.52. The van der Waals surface area contributed by atoms with Gasteiger partial charge in [0.2, 0.25) is 5.91 Å². The number of rotatable bonds is 7. The largest absolute Gasteiger partial charge is 0.508 e. The van der Waals surface area contributed by atoms with Crippen LogP contribution in [0.4, 0.5) is 0 Å². The number of hydrogen-bond acceptors (Lipinski definition) is 6. The molecule has 0 bridgehead atoms. The van der Waals surface area contributed by atoms with E-state index in [0.717, 1.165) is 10.4 Å². The Balaban J connectivity index is 1.45. The van der Waals surface area contributed by atoms with Crippen molar-refractivity contribution in [1.29, 1.82) is 0 Å². The van der Waals surface area contributed by atoms with E-state index in [1.165, 1.54) is 16.7 Å². The van der Waals surface area contributed by atoms with E-state index in [1.54, 1.807) is 23.5 Å². The number of phenols is 1. The molecule has 1 aliphatic rings. The predicted octanol–water partition coefficient (Wildman–Crippen LogP) is 3.40. The average Bonchev–Trinajstić information content (AvgIpc) is 3.24. The van der Waals surface area contributed by atoms with Gasteiger partial charge in [0, 0.05) is 24.4 Å². The standard InChI is InChI=1S/C19H18N2O3S3/c22-14-5-3-13(4-6-14)7-9-20-17(23)8-10-21-18(24)16(27-19(21)25)12-15-2-1-11-26-15/h1-6,11-12,22H,7-10H2,(H,20,23). The van der Waals surface area contributed by atoms with E-state index in [4.69, 9.17) is 12.2 Å². The van der Waals surface area contributed by atoms with E-state index < -0.39 is 0 Å². The van der Waals surface area contributed by atoms with Crippen LogP contribution in [0.25, 0.3) is 6.08 Å². The van der Waals surface area contributed by atoms with Crippen LogP contribution in [0.3, 0.4) is 0 Å². The van der Waals surface area contributed by atoms with Crippen molar-refractivity contribution in [3.8, 4) is 5.75 Å². The average molecular weight is 419 g/mol. The zero-order chi connectivity index (χ0) is 19.2. The summed E-state index contributed by atoms with van der Waals surface area (Å²) in [5.74, 6) is -0.0419. The molecule has 140 valence electrons. The number of nitrogens with zero attached hydrogens (tertiary/aromatic N) is 1. The number of thioether (sulfide) groups is 1. The Morgan fingerprint density at radius 1 is 1.26 bits per heavy atom. The van der Waals surface area contributed by atoms with Crippen molar-refractivity contribution in [1.82, 2.24) is 10.2 Å². The van der Waals surface area contributed by atoms with Crippen molar-refractivity contribution in [3.05, 3.63) is 57.1 Å². The number of amides is 2. The maximum Gasteiger partial charge on any atom is 0.266 e. The van der Waals surface area contributed by atoms with E-state index in [-0.39, 0.29) is 30.5 Å². The quantitative estimate of drug-likeness (QED) is 0.533. The second-order valence-electron chi connectivity index (χ2n) is 5.87. The normalized spacial score (nSPS) is 15.6. The molecule has 1 saturated heterocycles. The fourth-order valence-electron chi connectivity index (χ4n) is 2.51. The van der Waals surface area contributed by atoms with Crippen molar-refractivity contribution in [2.24, 2.45) is 0 Å². The van der Waals surface area contributed by atoms with Crippen molar-refractivity contribution < 1.29 is 14.7 Å². The van der Waals surface area contributed by atoms with Gasteiger partial charge in [0.25, 0.3) is 5.91 Å². The molecule has 0 spiro atoms. The second kappa shape index (κ2) is 9.16. The van der Waals surface area contributed by atoms with Gasteiger partial charge in [-0.3, -0.25) is 14.5 Å². The monoisotopic (exact) mass is 418 g/mol. The Kier molecular flexibility index (Phi) is 6.65. The van der Waals surface area contributed by atoms with Crippen molar-refractivity contribution in [3.63, 3.8) is 0 Å². The van der Waals surface area contributed by atoms with Gasteiger partial charge in [-0.1, -0.05) is 42.2 Å². The molecule has 8 heteroatoms. The van der Waals surface area contributed by atoms with Gasteiger partial charge in [0.15, 0.2) is 0 Å². The Morgan fingerprint density at radius 3 is 2.74 bits per heavy atom. The van der Waals surface area contributed by atoms with E-state index >= 15 is 0 Å². The third-order valence-corrected chi connectivity index (χ3v) is 6.12. The number of phenolic OH excluding ortho intramolecular Hbond substituents is 1. The van der Waals surface area contributed by atoms with Crippen LogP contribution in [0, 0.1) is 0 Å².